The monoisotopic (exact) mass is 389 g/mol. The molecule has 5 nitrogen and oxygen atoms in total. The fourth-order valence-electron chi connectivity index (χ4n) is 4.10. The summed E-state index contributed by atoms with van der Waals surface area (Å²) in [5.41, 5.74) is 3.19. The zero-order valence-electron chi connectivity index (χ0n) is 16.4. The van der Waals surface area contributed by atoms with Crippen LogP contribution in [0.3, 0.4) is 0 Å². The van der Waals surface area contributed by atoms with Gasteiger partial charge in [0, 0.05) is 43.8 Å². The maximum Gasteiger partial charge on any atom is 0.247 e. The van der Waals surface area contributed by atoms with E-state index in [-0.39, 0.29) is 17.7 Å². The second-order valence-corrected chi connectivity index (χ2v) is 8.97. The summed E-state index contributed by atoms with van der Waals surface area (Å²) >= 11 is 2.02. The van der Waals surface area contributed by atoms with Crippen LogP contribution in [-0.4, -0.2) is 47.4 Å². The first kappa shape index (κ1) is 20.2. The van der Waals surface area contributed by atoms with Gasteiger partial charge in [0.05, 0.1) is 0 Å². The Labute approximate surface area is 166 Å². The highest BCUT2D eigenvalue weighted by atomic mass is 32.2. The predicted octanol–water partition coefficient (Wildman–Crippen LogP) is 3.18. The first-order chi connectivity index (χ1) is 13.0. The van der Waals surface area contributed by atoms with Crippen molar-refractivity contribution >= 4 is 29.3 Å². The zero-order chi connectivity index (χ0) is 19.2. The molecule has 6 heteroatoms. The lowest BCUT2D eigenvalue weighted by atomic mass is 9.97. The van der Waals surface area contributed by atoms with Crippen LogP contribution in [0.4, 0.5) is 5.69 Å². The molecule has 27 heavy (non-hydrogen) atoms. The molecule has 1 saturated heterocycles. The molecule has 2 aliphatic rings. The highest BCUT2D eigenvalue weighted by Gasteiger charge is 2.31. The summed E-state index contributed by atoms with van der Waals surface area (Å²) in [6.07, 6.45) is 4.28. The number of thioether (sulfide) groups is 1. The number of nitrogens with one attached hydrogen (secondary N) is 2. The van der Waals surface area contributed by atoms with E-state index < -0.39 is 6.04 Å². The number of hydrogen-bond donors (Lipinski definition) is 2. The molecule has 1 aromatic rings. The SMILES string of the molecule is CC(=O)NC(C(=O)Nc1ccc(CN2CCSCC2)cc1C)C1CCCC1. The van der Waals surface area contributed by atoms with Crippen LogP contribution in [0.5, 0.6) is 0 Å². The molecule has 1 saturated carbocycles. The van der Waals surface area contributed by atoms with Gasteiger partial charge >= 0.3 is 0 Å². The second-order valence-electron chi connectivity index (χ2n) is 7.75. The first-order valence-corrected chi connectivity index (χ1v) is 11.2. The van der Waals surface area contributed by atoms with Crippen molar-refractivity contribution in [3.8, 4) is 0 Å². The molecule has 148 valence electrons. The van der Waals surface area contributed by atoms with Gasteiger partial charge in [-0.1, -0.05) is 25.0 Å². The summed E-state index contributed by atoms with van der Waals surface area (Å²) in [6.45, 7) is 6.76. The van der Waals surface area contributed by atoms with Crippen LogP contribution in [0.2, 0.25) is 0 Å². The highest BCUT2D eigenvalue weighted by Crippen LogP contribution is 2.29. The second kappa shape index (κ2) is 9.60. The van der Waals surface area contributed by atoms with Crippen molar-refractivity contribution in [2.24, 2.45) is 5.92 Å². The van der Waals surface area contributed by atoms with Crippen molar-refractivity contribution in [3.05, 3.63) is 29.3 Å². The minimum Gasteiger partial charge on any atom is -0.344 e. The van der Waals surface area contributed by atoms with E-state index in [4.69, 9.17) is 0 Å². The molecule has 1 atom stereocenters. The minimum atomic E-state index is -0.435. The maximum atomic E-state index is 12.9. The average molecular weight is 390 g/mol. The molecular weight excluding hydrogens is 358 g/mol. The number of hydrogen-bond acceptors (Lipinski definition) is 4. The number of carbonyl (C=O) groups excluding carboxylic acids is 2. The van der Waals surface area contributed by atoms with Crippen molar-refractivity contribution in [2.45, 2.75) is 52.1 Å². The van der Waals surface area contributed by atoms with E-state index in [1.54, 1.807) is 0 Å². The highest BCUT2D eigenvalue weighted by molar-refractivity contribution is 7.99. The molecule has 0 spiro atoms. The molecule has 1 unspecified atom stereocenters. The van der Waals surface area contributed by atoms with Gasteiger partial charge in [-0.15, -0.1) is 0 Å². The fraction of sp³-hybridized carbons (Fsp3) is 0.619. The van der Waals surface area contributed by atoms with E-state index in [1.165, 1.54) is 24.0 Å². The van der Waals surface area contributed by atoms with Crippen molar-refractivity contribution < 1.29 is 9.59 Å². The third kappa shape index (κ3) is 5.72. The molecule has 0 aromatic heterocycles. The van der Waals surface area contributed by atoms with Gasteiger partial charge < -0.3 is 10.6 Å². The van der Waals surface area contributed by atoms with E-state index in [0.717, 1.165) is 56.6 Å². The Kier molecular flexibility index (Phi) is 7.19. The molecule has 2 N–H and O–H groups in total. The molecule has 1 heterocycles. The number of nitrogens with zero attached hydrogens (tertiary/aromatic N) is 1. The molecule has 1 aliphatic carbocycles. The molecule has 1 aromatic carbocycles. The van der Waals surface area contributed by atoms with E-state index in [9.17, 15) is 9.59 Å². The lowest BCUT2D eigenvalue weighted by Gasteiger charge is -2.26. The minimum absolute atomic E-state index is 0.0963. The summed E-state index contributed by atoms with van der Waals surface area (Å²) in [6, 6.07) is 5.84. The van der Waals surface area contributed by atoms with Crippen LogP contribution in [0.25, 0.3) is 0 Å². The lowest BCUT2D eigenvalue weighted by molar-refractivity contribution is -0.126. The van der Waals surface area contributed by atoms with Gasteiger partial charge in [0.25, 0.3) is 0 Å². The van der Waals surface area contributed by atoms with Crippen LogP contribution < -0.4 is 10.6 Å². The zero-order valence-corrected chi connectivity index (χ0v) is 17.2. The van der Waals surface area contributed by atoms with Gasteiger partial charge in [0.2, 0.25) is 11.8 Å². The Balaban J connectivity index is 1.64. The smallest absolute Gasteiger partial charge is 0.247 e. The van der Waals surface area contributed by atoms with E-state index >= 15 is 0 Å². The van der Waals surface area contributed by atoms with Gasteiger partial charge in [0.15, 0.2) is 0 Å². The quantitative estimate of drug-likeness (QED) is 0.784. The Morgan fingerprint density at radius 2 is 1.93 bits per heavy atom. The summed E-state index contributed by atoms with van der Waals surface area (Å²) in [5.74, 6) is 2.41. The third-order valence-electron chi connectivity index (χ3n) is 5.57. The Hall–Kier alpha value is -1.53. The van der Waals surface area contributed by atoms with Crippen LogP contribution >= 0.6 is 11.8 Å². The number of anilines is 1. The molecule has 3 rings (SSSR count). The molecule has 2 fully saturated rings. The average Bonchev–Trinajstić information content (AvgIpc) is 3.17. The summed E-state index contributed by atoms with van der Waals surface area (Å²) in [7, 11) is 0. The number of aryl methyl sites for hydroxylation is 1. The fourth-order valence-corrected chi connectivity index (χ4v) is 5.08. The Morgan fingerprint density at radius 3 is 2.56 bits per heavy atom. The maximum absolute atomic E-state index is 12.9. The lowest BCUT2D eigenvalue weighted by Crippen LogP contribution is -2.47. The molecule has 0 bridgehead atoms. The van der Waals surface area contributed by atoms with Crippen LogP contribution in [0.15, 0.2) is 18.2 Å². The van der Waals surface area contributed by atoms with Crippen LogP contribution in [0.1, 0.15) is 43.7 Å². The third-order valence-corrected chi connectivity index (χ3v) is 6.51. The van der Waals surface area contributed by atoms with Gasteiger partial charge in [0.1, 0.15) is 6.04 Å². The summed E-state index contributed by atoms with van der Waals surface area (Å²) in [5, 5.41) is 5.92. The van der Waals surface area contributed by atoms with E-state index in [1.807, 2.05) is 24.8 Å². The Bertz CT molecular complexity index is 667. The van der Waals surface area contributed by atoms with E-state index in [2.05, 4.69) is 27.7 Å². The Morgan fingerprint density at radius 1 is 1.22 bits per heavy atom. The van der Waals surface area contributed by atoms with Crippen LogP contribution in [-0.2, 0) is 16.1 Å². The largest absolute Gasteiger partial charge is 0.344 e. The molecule has 0 radical (unpaired) electrons. The first-order valence-electron chi connectivity index (χ1n) is 10.0. The van der Waals surface area contributed by atoms with Gasteiger partial charge in [-0.2, -0.15) is 11.8 Å². The van der Waals surface area contributed by atoms with Crippen LogP contribution in [0, 0.1) is 12.8 Å². The molecule has 2 amide bonds. The van der Waals surface area contributed by atoms with Gasteiger partial charge in [-0.3, -0.25) is 14.5 Å². The number of benzene rings is 1. The molecule has 1 aliphatic heterocycles. The van der Waals surface area contributed by atoms with Crippen molar-refractivity contribution in [1.29, 1.82) is 0 Å². The molecular formula is C21H31N3O2S. The van der Waals surface area contributed by atoms with Crippen molar-refractivity contribution in [3.63, 3.8) is 0 Å². The standard InChI is InChI=1S/C21H31N3O2S/c1-15-13-17(14-24-9-11-27-12-10-24)7-8-19(15)23-21(26)20(22-16(2)25)18-5-3-4-6-18/h7-8,13,18,20H,3-6,9-12,14H2,1-2H3,(H,22,25)(H,23,26). The number of rotatable bonds is 6. The number of carbonyl (C=O) groups is 2. The predicted molar refractivity (Wildman–Crippen MR) is 112 cm³/mol. The summed E-state index contributed by atoms with van der Waals surface area (Å²) < 4.78 is 0. The number of amides is 2. The van der Waals surface area contributed by atoms with Gasteiger partial charge in [-0.25, -0.2) is 0 Å². The van der Waals surface area contributed by atoms with Gasteiger partial charge in [-0.05, 0) is 42.9 Å². The summed E-state index contributed by atoms with van der Waals surface area (Å²) in [4.78, 5) is 26.9. The van der Waals surface area contributed by atoms with E-state index in [0.29, 0.717) is 0 Å². The topological polar surface area (TPSA) is 61.4 Å². The normalized spacial score (nSPS) is 19.6. The van der Waals surface area contributed by atoms with Crippen molar-refractivity contribution in [2.75, 3.05) is 29.9 Å². The van der Waals surface area contributed by atoms with Crippen molar-refractivity contribution in [1.82, 2.24) is 10.2 Å².